The van der Waals surface area contributed by atoms with Crippen LogP contribution in [0.1, 0.15) is 65.0 Å². The first-order valence-corrected chi connectivity index (χ1v) is 9.97. The fourth-order valence-electron chi connectivity index (χ4n) is 4.06. The number of carbonyl (C=O) groups is 2. The van der Waals surface area contributed by atoms with Gasteiger partial charge in [-0.3, -0.25) is 4.90 Å². The number of benzene rings is 1. The summed E-state index contributed by atoms with van der Waals surface area (Å²) < 4.78 is 11.3. The molecule has 2 aliphatic heterocycles. The molecule has 1 saturated heterocycles. The molecule has 0 bridgehead atoms. The number of rotatable bonds is 0. The van der Waals surface area contributed by atoms with Crippen molar-refractivity contribution in [1.29, 1.82) is 0 Å². The molecule has 6 nitrogen and oxygen atoms in total. The van der Waals surface area contributed by atoms with Crippen molar-refractivity contribution in [3.8, 4) is 0 Å². The van der Waals surface area contributed by atoms with E-state index in [-0.39, 0.29) is 24.1 Å². The van der Waals surface area contributed by atoms with Crippen molar-refractivity contribution in [2.75, 3.05) is 18.0 Å². The zero-order valence-electron chi connectivity index (χ0n) is 18.0. The molecule has 1 aromatic carbocycles. The summed E-state index contributed by atoms with van der Waals surface area (Å²) in [5.41, 5.74) is 1.99. The number of carbonyl (C=O) groups excluding carboxylic acids is 2. The maximum atomic E-state index is 13.0. The van der Waals surface area contributed by atoms with E-state index in [4.69, 9.17) is 9.47 Å². The highest BCUT2D eigenvalue weighted by molar-refractivity contribution is 5.93. The quantitative estimate of drug-likeness (QED) is 0.638. The van der Waals surface area contributed by atoms with Crippen LogP contribution in [0.2, 0.25) is 0 Å². The van der Waals surface area contributed by atoms with E-state index in [1.165, 1.54) is 0 Å². The first-order valence-electron chi connectivity index (χ1n) is 9.97. The van der Waals surface area contributed by atoms with Gasteiger partial charge in [-0.25, -0.2) is 9.59 Å². The topological polar surface area (TPSA) is 59.1 Å². The Morgan fingerprint density at radius 2 is 1.61 bits per heavy atom. The second-order valence-corrected chi connectivity index (χ2v) is 9.75. The van der Waals surface area contributed by atoms with Gasteiger partial charge >= 0.3 is 12.2 Å². The van der Waals surface area contributed by atoms with Crippen molar-refractivity contribution in [3.05, 3.63) is 29.3 Å². The normalized spacial score (nSPS) is 21.8. The number of likely N-dealkylation sites (tertiary alicyclic amines) is 1. The smallest absolute Gasteiger partial charge is 0.415 e. The highest BCUT2D eigenvalue weighted by Gasteiger charge is 2.47. The molecule has 0 aliphatic carbocycles. The molecule has 0 radical (unpaired) electrons. The molecule has 2 amide bonds. The van der Waals surface area contributed by atoms with E-state index in [1.54, 1.807) is 4.90 Å². The third-order valence-corrected chi connectivity index (χ3v) is 5.06. The van der Waals surface area contributed by atoms with Crippen molar-refractivity contribution >= 4 is 17.9 Å². The van der Waals surface area contributed by atoms with Crippen LogP contribution in [0.4, 0.5) is 15.3 Å². The number of anilines is 1. The van der Waals surface area contributed by atoms with E-state index in [2.05, 4.69) is 6.07 Å². The summed E-state index contributed by atoms with van der Waals surface area (Å²) in [6, 6.07) is 6.07. The lowest BCUT2D eigenvalue weighted by atomic mass is 9.89. The Hall–Kier alpha value is -2.24. The molecule has 154 valence electrons. The van der Waals surface area contributed by atoms with Gasteiger partial charge in [-0.05, 0) is 66.0 Å². The van der Waals surface area contributed by atoms with Crippen molar-refractivity contribution in [2.24, 2.45) is 0 Å². The Labute approximate surface area is 167 Å². The number of fused-ring (bicyclic) bond motifs is 3. The van der Waals surface area contributed by atoms with Gasteiger partial charge in [0, 0.05) is 19.0 Å². The third-order valence-electron chi connectivity index (χ3n) is 5.06. The fourth-order valence-corrected chi connectivity index (χ4v) is 4.06. The number of aryl methyl sites for hydroxylation is 1. The first kappa shape index (κ1) is 20.5. The van der Waals surface area contributed by atoms with Crippen LogP contribution in [-0.2, 0) is 9.47 Å². The van der Waals surface area contributed by atoms with Gasteiger partial charge in [-0.15, -0.1) is 0 Å². The van der Waals surface area contributed by atoms with Gasteiger partial charge in [0.1, 0.15) is 11.2 Å². The predicted molar refractivity (Wildman–Crippen MR) is 109 cm³/mol. The Bertz CT molecular complexity index is 776. The Morgan fingerprint density at radius 3 is 2.21 bits per heavy atom. The lowest BCUT2D eigenvalue weighted by Crippen LogP contribution is -2.51. The van der Waals surface area contributed by atoms with E-state index in [1.807, 2.05) is 65.5 Å². The zero-order chi connectivity index (χ0) is 20.9. The summed E-state index contributed by atoms with van der Waals surface area (Å²) in [5.74, 6) is 0.0590. The molecule has 6 heteroatoms. The predicted octanol–water partition coefficient (Wildman–Crippen LogP) is 4.84. The number of nitrogens with zero attached hydrogens (tertiary/aromatic N) is 2. The molecule has 0 N–H and O–H groups in total. The Morgan fingerprint density at radius 1 is 1.00 bits per heavy atom. The van der Waals surface area contributed by atoms with Crippen molar-refractivity contribution in [2.45, 2.75) is 78.0 Å². The van der Waals surface area contributed by atoms with Crippen LogP contribution >= 0.6 is 0 Å². The van der Waals surface area contributed by atoms with Crippen molar-refractivity contribution in [1.82, 2.24) is 4.90 Å². The van der Waals surface area contributed by atoms with Crippen molar-refractivity contribution < 1.29 is 19.1 Å². The van der Waals surface area contributed by atoms with Crippen LogP contribution in [0.3, 0.4) is 0 Å². The minimum atomic E-state index is -0.560. The van der Waals surface area contributed by atoms with E-state index < -0.39 is 11.2 Å². The number of amides is 2. The summed E-state index contributed by atoms with van der Waals surface area (Å²) in [4.78, 5) is 29.2. The van der Waals surface area contributed by atoms with Crippen LogP contribution in [0.15, 0.2) is 18.2 Å². The van der Waals surface area contributed by atoms with Crippen LogP contribution in [-0.4, -0.2) is 47.4 Å². The molecular formula is C22H32N2O4. The molecule has 28 heavy (non-hydrogen) atoms. The summed E-state index contributed by atoms with van der Waals surface area (Å²) in [5, 5.41) is 0. The number of piperidine rings is 1. The number of hydrogen-bond acceptors (Lipinski definition) is 4. The third kappa shape index (κ3) is 4.10. The summed E-state index contributed by atoms with van der Waals surface area (Å²) in [6.45, 7) is 14.4. The summed E-state index contributed by atoms with van der Waals surface area (Å²) in [7, 11) is 0. The minimum Gasteiger partial charge on any atom is -0.444 e. The van der Waals surface area contributed by atoms with Gasteiger partial charge in [0.15, 0.2) is 0 Å². The average molecular weight is 389 g/mol. The van der Waals surface area contributed by atoms with E-state index >= 15 is 0 Å². The monoisotopic (exact) mass is 388 g/mol. The van der Waals surface area contributed by atoms with E-state index in [0.29, 0.717) is 19.5 Å². The van der Waals surface area contributed by atoms with Gasteiger partial charge in [0.25, 0.3) is 0 Å². The Balaban J connectivity index is 1.89. The van der Waals surface area contributed by atoms with Gasteiger partial charge in [0.05, 0.1) is 11.7 Å². The second kappa shape index (κ2) is 6.98. The molecule has 0 unspecified atom stereocenters. The highest BCUT2D eigenvalue weighted by Crippen LogP contribution is 2.47. The molecule has 2 atom stereocenters. The fraction of sp³-hybridized carbons (Fsp3) is 0.636. The zero-order valence-corrected chi connectivity index (χ0v) is 18.0. The molecular weight excluding hydrogens is 356 g/mol. The number of hydrogen-bond donors (Lipinski definition) is 0. The molecule has 1 fully saturated rings. The standard InChI is InChI=1S/C22H32N2O4/c1-14-9-8-10-15-16-13-23(19(25)27-21(2,3)4)12-11-17(16)24(18(14)15)20(26)28-22(5,6)7/h8-10,16-17H,11-13H2,1-7H3/t16-,17-/m0/s1. The first-order chi connectivity index (χ1) is 12.9. The molecule has 1 aromatic rings. The number of para-hydroxylation sites is 1. The maximum Gasteiger partial charge on any atom is 0.415 e. The SMILES string of the molecule is Cc1cccc2c1N(C(=O)OC(C)(C)C)[C@H]1CCN(C(=O)OC(C)(C)C)C[C@@H]21. The molecule has 3 rings (SSSR count). The molecule has 2 heterocycles. The van der Waals surface area contributed by atoms with E-state index in [0.717, 1.165) is 16.8 Å². The lowest BCUT2D eigenvalue weighted by Gasteiger charge is -2.38. The average Bonchev–Trinajstić information content (AvgIpc) is 2.87. The molecule has 0 spiro atoms. The van der Waals surface area contributed by atoms with Crippen molar-refractivity contribution in [3.63, 3.8) is 0 Å². The Kier molecular flexibility index (Phi) is 5.11. The van der Waals surface area contributed by atoms with Gasteiger partial charge < -0.3 is 14.4 Å². The van der Waals surface area contributed by atoms with Crippen LogP contribution in [0, 0.1) is 6.92 Å². The van der Waals surface area contributed by atoms with E-state index in [9.17, 15) is 9.59 Å². The molecule has 2 aliphatic rings. The second-order valence-electron chi connectivity index (χ2n) is 9.75. The lowest BCUT2D eigenvalue weighted by molar-refractivity contribution is 0.0185. The van der Waals surface area contributed by atoms with Crippen LogP contribution in [0.5, 0.6) is 0 Å². The minimum absolute atomic E-state index is 0.00960. The maximum absolute atomic E-state index is 13.0. The number of ether oxygens (including phenoxy) is 2. The summed E-state index contributed by atoms with van der Waals surface area (Å²) >= 11 is 0. The van der Waals surface area contributed by atoms with Gasteiger partial charge in [-0.2, -0.15) is 0 Å². The molecule has 0 aromatic heterocycles. The van der Waals surface area contributed by atoms with Crippen LogP contribution < -0.4 is 4.90 Å². The van der Waals surface area contributed by atoms with Gasteiger partial charge in [0.2, 0.25) is 0 Å². The molecule has 0 saturated carbocycles. The highest BCUT2D eigenvalue weighted by atomic mass is 16.6. The van der Waals surface area contributed by atoms with Gasteiger partial charge in [-0.1, -0.05) is 18.2 Å². The van der Waals surface area contributed by atoms with Crippen LogP contribution in [0.25, 0.3) is 0 Å². The largest absolute Gasteiger partial charge is 0.444 e. The summed E-state index contributed by atoms with van der Waals surface area (Å²) in [6.07, 6.45) is 0.0780.